The van der Waals surface area contributed by atoms with Crippen LogP contribution in [-0.4, -0.2) is 35.0 Å². The van der Waals surface area contributed by atoms with Crippen molar-refractivity contribution in [2.24, 2.45) is 11.8 Å². The van der Waals surface area contributed by atoms with Crippen LogP contribution in [0.5, 0.6) is 0 Å². The molecule has 6 heteroatoms. The molecular weight excluding hydrogens is 344 g/mol. The Kier molecular flexibility index (Phi) is 5.80. The van der Waals surface area contributed by atoms with Crippen LogP contribution >= 0.6 is 11.3 Å². The molecule has 0 unspecified atom stereocenters. The fourth-order valence-electron chi connectivity index (χ4n) is 4.05. The standard InChI is InChI=1S/C20H30N4OS/c1-6-24(7-2)18-16-14(5)17(26-20(16)22-11-21-18)19(25)23-15-10-8-9-12(3)13(15)4/h11-13,15H,6-10H2,1-5H3,(H,23,25)/t12-,13-,15-/m1/s1. The molecule has 142 valence electrons. The molecule has 0 radical (unpaired) electrons. The first-order valence-corrected chi connectivity index (χ1v) is 10.6. The lowest BCUT2D eigenvalue weighted by molar-refractivity contribution is 0.0895. The van der Waals surface area contributed by atoms with Crippen molar-refractivity contribution in [3.05, 3.63) is 16.8 Å². The fourth-order valence-corrected chi connectivity index (χ4v) is 5.10. The Morgan fingerprint density at radius 3 is 2.69 bits per heavy atom. The maximum Gasteiger partial charge on any atom is 0.261 e. The number of aromatic nitrogens is 2. The Bertz CT molecular complexity index is 783. The molecule has 1 aliphatic rings. The molecule has 2 aromatic heterocycles. The van der Waals surface area contributed by atoms with Crippen LogP contribution in [0.2, 0.25) is 0 Å². The molecule has 0 bridgehead atoms. The molecule has 2 heterocycles. The Labute approximate surface area is 160 Å². The number of amides is 1. The topological polar surface area (TPSA) is 58.1 Å². The smallest absolute Gasteiger partial charge is 0.261 e. The lowest BCUT2D eigenvalue weighted by atomic mass is 9.78. The monoisotopic (exact) mass is 374 g/mol. The van der Waals surface area contributed by atoms with Crippen LogP contribution in [0.4, 0.5) is 5.82 Å². The first-order chi connectivity index (χ1) is 12.5. The summed E-state index contributed by atoms with van der Waals surface area (Å²) in [4.78, 5) is 25.8. The van der Waals surface area contributed by atoms with E-state index >= 15 is 0 Å². The average molecular weight is 375 g/mol. The van der Waals surface area contributed by atoms with Crippen molar-refractivity contribution in [2.75, 3.05) is 18.0 Å². The van der Waals surface area contributed by atoms with Crippen LogP contribution in [0, 0.1) is 18.8 Å². The van der Waals surface area contributed by atoms with Gasteiger partial charge in [-0.25, -0.2) is 9.97 Å². The predicted octanol–water partition coefficient (Wildman–Crippen LogP) is 4.40. The Balaban J connectivity index is 1.92. The highest BCUT2D eigenvalue weighted by atomic mass is 32.1. The van der Waals surface area contributed by atoms with Gasteiger partial charge in [-0.1, -0.05) is 26.7 Å². The molecule has 5 nitrogen and oxygen atoms in total. The van der Waals surface area contributed by atoms with E-state index in [4.69, 9.17) is 0 Å². The molecule has 26 heavy (non-hydrogen) atoms. The maximum absolute atomic E-state index is 13.0. The minimum atomic E-state index is 0.0435. The van der Waals surface area contributed by atoms with E-state index in [1.165, 1.54) is 24.2 Å². The number of nitrogens with one attached hydrogen (secondary N) is 1. The summed E-state index contributed by atoms with van der Waals surface area (Å²) in [6.07, 6.45) is 5.14. The molecule has 1 amide bonds. The van der Waals surface area contributed by atoms with Gasteiger partial charge in [0.15, 0.2) is 0 Å². The molecule has 1 saturated carbocycles. The number of aryl methyl sites for hydroxylation is 1. The number of carbonyl (C=O) groups excluding carboxylic acids is 1. The third kappa shape index (κ3) is 3.43. The van der Waals surface area contributed by atoms with Crippen LogP contribution in [0.3, 0.4) is 0 Å². The van der Waals surface area contributed by atoms with E-state index in [1.54, 1.807) is 6.33 Å². The van der Waals surface area contributed by atoms with E-state index in [0.717, 1.165) is 46.0 Å². The number of carbonyl (C=O) groups is 1. The first kappa shape index (κ1) is 19.1. The van der Waals surface area contributed by atoms with E-state index in [2.05, 4.69) is 47.9 Å². The van der Waals surface area contributed by atoms with Crippen molar-refractivity contribution in [2.45, 2.75) is 59.9 Å². The molecule has 1 aliphatic carbocycles. The third-order valence-corrected chi connectivity index (χ3v) is 7.20. The summed E-state index contributed by atoms with van der Waals surface area (Å²) in [6, 6.07) is 0.268. The van der Waals surface area contributed by atoms with Gasteiger partial charge in [0.1, 0.15) is 17.0 Å². The zero-order valence-electron chi connectivity index (χ0n) is 16.5. The van der Waals surface area contributed by atoms with E-state index in [1.807, 2.05) is 6.92 Å². The SMILES string of the molecule is CCN(CC)c1ncnc2sc(C(=O)N[C@@H]3CCC[C@@H](C)[C@H]3C)c(C)c12. The van der Waals surface area contributed by atoms with Crippen molar-refractivity contribution < 1.29 is 4.79 Å². The number of rotatable bonds is 5. The Morgan fingerprint density at radius 1 is 1.27 bits per heavy atom. The summed E-state index contributed by atoms with van der Waals surface area (Å²) >= 11 is 1.49. The molecule has 0 aliphatic heterocycles. The Morgan fingerprint density at radius 2 is 2.00 bits per heavy atom. The molecular formula is C20H30N4OS. The second kappa shape index (κ2) is 7.91. The van der Waals surface area contributed by atoms with Gasteiger partial charge in [0, 0.05) is 19.1 Å². The molecule has 0 saturated heterocycles. The quantitative estimate of drug-likeness (QED) is 0.843. The van der Waals surface area contributed by atoms with Gasteiger partial charge in [-0.2, -0.15) is 0 Å². The van der Waals surface area contributed by atoms with E-state index in [9.17, 15) is 4.79 Å². The second-order valence-corrected chi connectivity index (χ2v) is 8.45. The van der Waals surface area contributed by atoms with Gasteiger partial charge in [0.25, 0.3) is 5.91 Å². The summed E-state index contributed by atoms with van der Waals surface area (Å²) in [7, 11) is 0. The minimum absolute atomic E-state index is 0.0435. The van der Waals surface area contributed by atoms with Crippen molar-refractivity contribution in [3.63, 3.8) is 0 Å². The maximum atomic E-state index is 13.0. The van der Waals surface area contributed by atoms with Crippen LogP contribution in [0.15, 0.2) is 6.33 Å². The number of fused-ring (bicyclic) bond motifs is 1. The van der Waals surface area contributed by atoms with Gasteiger partial charge >= 0.3 is 0 Å². The van der Waals surface area contributed by atoms with Crippen LogP contribution < -0.4 is 10.2 Å². The zero-order valence-corrected chi connectivity index (χ0v) is 17.3. The van der Waals surface area contributed by atoms with Gasteiger partial charge in [0.2, 0.25) is 0 Å². The van der Waals surface area contributed by atoms with Gasteiger partial charge in [-0.05, 0) is 44.6 Å². The summed E-state index contributed by atoms with van der Waals surface area (Å²) in [5.41, 5.74) is 1.00. The van der Waals surface area contributed by atoms with Crippen molar-refractivity contribution in [1.29, 1.82) is 0 Å². The molecule has 2 aromatic rings. The first-order valence-electron chi connectivity index (χ1n) is 9.77. The average Bonchev–Trinajstić information content (AvgIpc) is 2.98. The lowest BCUT2D eigenvalue weighted by Gasteiger charge is -2.34. The normalized spacial score (nSPS) is 23.2. The molecule has 3 atom stereocenters. The van der Waals surface area contributed by atoms with E-state index in [0.29, 0.717) is 11.8 Å². The zero-order chi connectivity index (χ0) is 18.8. The highest BCUT2D eigenvalue weighted by Gasteiger charge is 2.30. The summed E-state index contributed by atoms with van der Waals surface area (Å²) in [6.45, 7) is 12.6. The van der Waals surface area contributed by atoms with Crippen molar-refractivity contribution in [3.8, 4) is 0 Å². The van der Waals surface area contributed by atoms with Gasteiger partial charge < -0.3 is 10.2 Å². The van der Waals surface area contributed by atoms with Gasteiger partial charge in [0.05, 0.1) is 10.3 Å². The summed E-state index contributed by atoms with van der Waals surface area (Å²) in [5.74, 6) is 2.17. The largest absolute Gasteiger partial charge is 0.357 e. The second-order valence-electron chi connectivity index (χ2n) is 7.45. The molecule has 0 aromatic carbocycles. The van der Waals surface area contributed by atoms with E-state index in [-0.39, 0.29) is 11.9 Å². The van der Waals surface area contributed by atoms with Crippen molar-refractivity contribution >= 4 is 33.3 Å². The number of nitrogens with zero attached hydrogens (tertiary/aromatic N) is 3. The summed E-state index contributed by atoms with van der Waals surface area (Å²) in [5, 5.41) is 4.33. The molecule has 3 rings (SSSR count). The molecule has 1 fully saturated rings. The van der Waals surface area contributed by atoms with Crippen LogP contribution in [0.25, 0.3) is 10.2 Å². The fraction of sp³-hybridized carbons (Fsp3) is 0.650. The van der Waals surface area contributed by atoms with E-state index < -0.39 is 0 Å². The number of anilines is 1. The number of hydrogen-bond acceptors (Lipinski definition) is 5. The number of hydrogen-bond donors (Lipinski definition) is 1. The highest BCUT2D eigenvalue weighted by molar-refractivity contribution is 7.20. The van der Waals surface area contributed by atoms with Gasteiger partial charge in [-0.15, -0.1) is 11.3 Å². The Hall–Kier alpha value is -1.69. The molecule has 0 spiro atoms. The lowest BCUT2D eigenvalue weighted by Crippen LogP contribution is -2.43. The van der Waals surface area contributed by atoms with Crippen LogP contribution in [0.1, 0.15) is 62.2 Å². The highest BCUT2D eigenvalue weighted by Crippen LogP contribution is 2.35. The predicted molar refractivity (Wildman–Crippen MR) is 109 cm³/mol. The number of thiophene rings is 1. The summed E-state index contributed by atoms with van der Waals surface area (Å²) < 4.78 is 0. The van der Waals surface area contributed by atoms with Crippen LogP contribution in [-0.2, 0) is 0 Å². The molecule has 1 N–H and O–H groups in total. The van der Waals surface area contributed by atoms with Gasteiger partial charge in [-0.3, -0.25) is 4.79 Å². The minimum Gasteiger partial charge on any atom is -0.357 e. The third-order valence-electron chi connectivity index (χ3n) is 6.00. The van der Waals surface area contributed by atoms with Crippen molar-refractivity contribution in [1.82, 2.24) is 15.3 Å².